The molecule has 19 heavy (non-hydrogen) atoms. The zero-order valence-electron chi connectivity index (χ0n) is 11.8. The van der Waals surface area contributed by atoms with Gasteiger partial charge in [-0.05, 0) is 43.9 Å². The predicted molar refractivity (Wildman–Crippen MR) is 71.9 cm³/mol. The minimum Gasteiger partial charge on any atom is -0.480 e. The van der Waals surface area contributed by atoms with Gasteiger partial charge in [0.15, 0.2) is 0 Å². The summed E-state index contributed by atoms with van der Waals surface area (Å²) in [4.78, 5) is 24.7. The standard InChI is InChI=1S/C14H24N2O3/c1-9-5-6-11(8-10(9)2)15-14(19)16-7-3-4-12(16)13(17)18/h9-12H,3-8H2,1-2H3,(H,15,19)(H,17,18). The molecule has 0 spiro atoms. The van der Waals surface area contributed by atoms with E-state index < -0.39 is 12.0 Å². The maximum absolute atomic E-state index is 12.2. The maximum Gasteiger partial charge on any atom is 0.326 e. The number of nitrogens with zero attached hydrogens (tertiary/aromatic N) is 1. The van der Waals surface area contributed by atoms with Crippen LogP contribution in [-0.2, 0) is 4.79 Å². The number of carbonyl (C=O) groups is 2. The molecule has 1 aliphatic carbocycles. The molecule has 5 nitrogen and oxygen atoms in total. The van der Waals surface area contributed by atoms with Crippen LogP contribution in [-0.4, -0.2) is 40.6 Å². The lowest BCUT2D eigenvalue weighted by atomic mass is 9.79. The highest BCUT2D eigenvalue weighted by atomic mass is 16.4. The monoisotopic (exact) mass is 268 g/mol. The summed E-state index contributed by atoms with van der Waals surface area (Å²) in [5.41, 5.74) is 0. The van der Waals surface area contributed by atoms with E-state index in [0.717, 1.165) is 25.7 Å². The average Bonchev–Trinajstić information content (AvgIpc) is 2.83. The van der Waals surface area contributed by atoms with Gasteiger partial charge in [0.1, 0.15) is 6.04 Å². The van der Waals surface area contributed by atoms with Crippen molar-refractivity contribution >= 4 is 12.0 Å². The zero-order chi connectivity index (χ0) is 14.0. The molecule has 108 valence electrons. The minimum absolute atomic E-state index is 0.198. The Labute approximate surface area is 114 Å². The van der Waals surface area contributed by atoms with Crippen LogP contribution in [0.4, 0.5) is 4.79 Å². The van der Waals surface area contributed by atoms with Gasteiger partial charge in [-0.1, -0.05) is 13.8 Å². The molecule has 2 aliphatic rings. The van der Waals surface area contributed by atoms with Crippen LogP contribution in [0.2, 0.25) is 0 Å². The number of rotatable bonds is 2. The summed E-state index contributed by atoms with van der Waals surface area (Å²) in [5, 5.41) is 12.1. The van der Waals surface area contributed by atoms with Crippen molar-refractivity contribution in [2.45, 2.75) is 58.0 Å². The van der Waals surface area contributed by atoms with Crippen LogP contribution in [0.15, 0.2) is 0 Å². The molecule has 1 saturated carbocycles. The summed E-state index contributed by atoms with van der Waals surface area (Å²) in [6.07, 6.45) is 4.49. The van der Waals surface area contributed by atoms with E-state index in [1.54, 1.807) is 0 Å². The highest BCUT2D eigenvalue weighted by Gasteiger charge is 2.35. The van der Waals surface area contributed by atoms with Crippen LogP contribution in [0.5, 0.6) is 0 Å². The summed E-state index contributed by atoms with van der Waals surface area (Å²) >= 11 is 0. The number of hydrogen-bond donors (Lipinski definition) is 2. The third-order valence-electron chi connectivity index (χ3n) is 4.72. The molecule has 2 rings (SSSR count). The van der Waals surface area contributed by atoms with Gasteiger partial charge in [-0.15, -0.1) is 0 Å². The fourth-order valence-corrected chi connectivity index (χ4v) is 3.20. The highest BCUT2D eigenvalue weighted by Crippen LogP contribution is 2.29. The number of urea groups is 1. The lowest BCUT2D eigenvalue weighted by Gasteiger charge is -2.34. The topological polar surface area (TPSA) is 69.6 Å². The van der Waals surface area contributed by atoms with Crippen molar-refractivity contribution in [1.82, 2.24) is 10.2 Å². The molecule has 4 atom stereocenters. The molecule has 2 N–H and O–H groups in total. The molecule has 2 fully saturated rings. The van der Waals surface area contributed by atoms with Gasteiger partial charge >= 0.3 is 12.0 Å². The quantitative estimate of drug-likeness (QED) is 0.805. The SMILES string of the molecule is CC1CCC(NC(=O)N2CCCC2C(=O)O)CC1C. The third kappa shape index (κ3) is 3.19. The van der Waals surface area contributed by atoms with Crippen LogP contribution in [0.3, 0.4) is 0 Å². The van der Waals surface area contributed by atoms with E-state index in [2.05, 4.69) is 19.2 Å². The van der Waals surface area contributed by atoms with Gasteiger partial charge in [-0.2, -0.15) is 0 Å². The lowest BCUT2D eigenvalue weighted by molar-refractivity contribution is -0.141. The van der Waals surface area contributed by atoms with E-state index in [-0.39, 0.29) is 12.1 Å². The van der Waals surface area contributed by atoms with E-state index in [1.165, 1.54) is 4.90 Å². The highest BCUT2D eigenvalue weighted by molar-refractivity contribution is 5.83. The second kappa shape index (κ2) is 5.80. The van der Waals surface area contributed by atoms with Crippen LogP contribution < -0.4 is 5.32 Å². The molecule has 0 aromatic rings. The smallest absolute Gasteiger partial charge is 0.326 e. The molecule has 1 heterocycles. The molecule has 1 saturated heterocycles. The summed E-state index contributed by atoms with van der Waals surface area (Å²) in [7, 11) is 0. The largest absolute Gasteiger partial charge is 0.480 e. The predicted octanol–water partition coefficient (Wildman–Crippen LogP) is 2.07. The Balaban J connectivity index is 1.89. The van der Waals surface area contributed by atoms with E-state index in [9.17, 15) is 9.59 Å². The maximum atomic E-state index is 12.2. The molecular weight excluding hydrogens is 244 g/mol. The second-order valence-corrected chi connectivity index (χ2v) is 6.10. The Morgan fingerprint density at radius 1 is 1.16 bits per heavy atom. The van der Waals surface area contributed by atoms with E-state index >= 15 is 0 Å². The normalized spacial score (nSPS) is 35.2. The lowest BCUT2D eigenvalue weighted by Crippen LogP contribution is -2.50. The van der Waals surface area contributed by atoms with Crippen molar-refractivity contribution in [2.75, 3.05) is 6.54 Å². The van der Waals surface area contributed by atoms with E-state index in [4.69, 9.17) is 5.11 Å². The summed E-state index contributed by atoms with van der Waals surface area (Å²) < 4.78 is 0. The van der Waals surface area contributed by atoms with Crippen molar-refractivity contribution in [3.05, 3.63) is 0 Å². The van der Waals surface area contributed by atoms with Crippen molar-refractivity contribution in [1.29, 1.82) is 0 Å². The molecule has 0 aromatic heterocycles. The Morgan fingerprint density at radius 3 is 2.53 bits per heavy atom. The zero-order valence-corrected chi connectivity index (χ0v) is 11.8. The Morgan fingerprint density at radius 2 is 1.89 bits per heavy atom. The summed E-state index contributed by atoms with van der Waals surface area (Å²) in [5.74, 6) is 0.442. The van der Waals surface area contributed by atoms with Gasteiger partial charge in [0.05, 0.1) is 0 Å². The van der Waals surface area contributed by atoms with Crippen LogP contribution in [0, 0.1) is 11.8 Å². The average molecular weight is 268 g/mol. The molecule has 4 unspecified atom stereocenters. The Kier molecular flexibility index (Phi) is 4.32. The first-order valence-corrected chi connectivity index (χ1v) is 7.29. The first-order valence-electron chi connectivity index (χ1n) is 7.29. The van der Waals surface area contributed by atoms with Gasteiger partial charge in [0, 0.05) is 12.6 Å². The fraction of sp³-hybridized carbons (Fsp3) is 0.857. The number of carbonyl (C=O) groups excluding carboxylic acids is 1. The van der Waals surface area contributed by atoms with E-state index in [0.29, 0.717) is 24.8 Å². The second-order valence-electron chi connectivity index (χ2n) is 6.10. The van der Waals surface area contributed by atoms with Crippen LogP contribution in [0.25, 0.3) is 0 Å². The minimum atomic E-state index is -0.890. The van der Waals surface area contributed by atoms with Crippen molar-refractivity contribution in [3.63, 3.8) is 0 Å². The number of hydrogen-bond acceptors (Lipinski definition) is 2. The van der Waals surface area contributed by atoms with E-state index in [1.807, 2.05) is 0 Å². The number of aliphatic carboxylic acids is 1. The summed E-state index contributed by atoms with van der Waals surface area (Å²) in [6.45, 7) is 5.03. The first kappa shape index (κ1) is 14.2. The van der Waals surface area contributed by atoms with Crippen LogP contribution in [0.1, 0.15) is 46.0 Å². The molecule has 0 radical (unpaired) electrons. The van der Waals surface area contributed by atoms with Crippen LogP contribution >= 0.6 is 0 Å². The van der Waals surface area contributed by atoms with Gasteiger partial charge < -0.3 is 15.3 Å². The number of carboxylic acids is 1. The molecule has 1 aliphatic heterocycles. The molecule has 2 amide bonds. The fourth-order valence-electron chi connectivity index (χ4n) is 3.20. The molecular formula is C14H24N2O3. The number of carboxylic acid groups (broad SMARTS) is 1. The Bertz CT molecular complexity index is 359. The third-order valence-corrected chi connectivity index (χ3v) is 4.72. The van der Waals surface area contributed by atoms with Gasteiger partial charge in [0.25, 0.3) is 0 Å². The summed E-state index contributed by atoms with van der Waals surface area (Å²) in [6, 6.07) is -0.634. The Hall–Kier alpha value is -1.26. The molecule has 0 bridgehead atoms. The van der Waals surface area contributed by atoms with Crippen molar-refractivity contribution < 1.29 is 14.7 Å². The van der Waals surface area contributed by atoms with Gasteiger partial charge in [-0.25, -0.2) is 9.59 Å². The van der Waals surface area contributed by atoms with Crippen molar-refractivity contribution in [2.24, 2.45) is 11.8 Å². The van der Waals surface area contributed by atoms with Gasteiger partial charge in [0.2, 0.25) is 0 Å². The number of nitrogens with one attached hydrogen (secondary N) is 1. The number of amides is 2. The number of likely N-dealkylation sites (tertiary alicyclic amines) is 1. The molecule has 5 heteroatoms. The van der Waals surface area contributed by atoms with Gasteiger partial charge in [-0.3, -0.25) is 0 Å². The van der Waals surface area contributed by atoms with Crippen molar-refractivity contribution in [3.8, 4) is 0 Å². The molecule has 0 aromatic carbocycles. The first-order chi connectivity index (χ1) is 8.99.